The number of aromatic nitrogens is 4. The number of piperidine rings is 2. The number of thiophene rings is 1. The summed E-state index contributed by atoms with van der Waals surface area (Å²) in [6.45, 7) is 3.78. The van der Waals surface area contributed by atoms with Gasteiger partial charge in [0.1, 0.15) is 12.0 Å². The molecule has 0 bridgehead atoms. The average Bonchev–Trinajstić information content (AvgIpc) is 3.71. The predicted octanol–water partition coefficient (Wildman–Crippen LogP) is 4.48. The zero-order chi connectivity index (χ0) is 34.3. The number of amides is 2. The van der Waals surface area contributed by atoms with Crippen molar-refractivity contribution in [2.75, 3.05) is 33.3 Å². The lowest BCUT2D eigenvalue weighted by molar-refractivity contribution is -0.142. The first-order chi connectivity index (χ1) is 23.6. The zero-order valence-corrected chi connectivity index (χ0v) is 28.7. The molecule has 1 aromatic carbocycles. The minimum Gasteiger partial charge on any atom is -0.481 e. The standard InChI is InChI=1S/C37H40N6O5S/c1-24-19-30(26-9-14-38-31(20-26)48-3)49-32(24)36(46)42-16-11-27(29(21-42)25-7-5-4-6-8-25)34(44)41-17-12-37(47,13-18-41)22-43-23-39-33-28(35(43)45)10-15-40(33)2/h4-10,14-15,19-20,23,27,29,47H,11-13,16-18,21-22H2,1-3H3/t27-,29+/m1/s1. The molecule has 6 heterocycles. The lowest BCUT2D eigenvalue weighted by Gasteiger charge is -2.43. The molecule has 0 spiro atoms. The van der Waals surface area contributed by atoms with Crippen LogP contribution in [-0.4, -0.2) is 84.7 Å². The fourth-order valence-electron chi connectivity index (χ4n) is 7.27. The molecule has 0 aliphatic carbocycles. The van der Waals surface area contributed by atoms with E-state index in [-0.39, 0.29) is 35.8 Å². The fourth-order valence-corrected chi connectivity index (χ4v) is 8.41. The number of aryl methyl sites for hydroxylation is 2. The van der Waals surface area contributed by atoms with Crippen LogP contribution in [0.4, 0.5) is 0 Å². The van der Waals surface area contributed by atoms with Crippen LogP contribution >= 0.6 is 11.3 Å². The molecule has 254 valence electrons. The molecule has 2 fully saturated rings. The van der Waals surface area contributed by atoms with Crippen molar-refractivity contribution in [2.45, 2.75) is 44.2 Å². The van der Waals surface area contributed by atoms with E-state index in [1.54, 1.807) is 30.1 Å². The van der Waals surface area contributed by atoms with E-state index >= 15 is 0 Å². The van der Waals surface area contributed by atoms with Crippen molar-refractivity contribution >= 4 is 34.2 Å². The first kappa shape index (κ1) is 32.7. The van der Waals surface area contributed by atoms with E-state index in [1.165, 1.54) is 22.2 Å². The maximum Gasteiger partial charge on any atom is 0.264 e. The van der Waals surface area contributed by atoms with Gasteiger partial charge >= 0.3 is 0 Å². The largest absolute Gasteiger partial charge is 0.481 e. The van der Waals surface area contributed by atoms with Gasteiger partial charge in [-0.3, -0.25) is 19.0 Å². The average molecular weight is 681 g/mol. The molecule has 2 aliphatic rings. The molecule has 11 nitrogen and oxygen atoms in total. The van der Waals surface area contributed by atoms with Gasteiger partial charge in [-0.15, -0.1) is 11.3 Å². The van der Waals surface area contributed by atoms with Crippen LogP contribution in [0.15, 0.2) is 78.1 Å². The molecule has 2 amide bonds. The van der Waals surface area contributed by atoms with Gasteiger partial charge in [-0.05, 0) is 61.1 Å². The van der Waals surface area contributed by atoms with Crippen LogP contribution in [0.1, 0.15) is 46.0 Å². The Balaban J connectivity index is 1.05. The number of hydrogen-bond donors (Lipinski definition) is 1. The second kappa shape index (κ2) is 13.2. The van der Waals surface area contributed by atoms with Crippen LogP contribution in [-0.2, 0) is 18.4 Å². The number of fused-ring (bicyclic) bond motifs is 1. The molecule has 12 heteroatoms. The molecular weight excluding hydrogens is 641 g/mol. The van der Waals surface area contributed by atoms with Gasteiger partial charge in [0.2, 0.25) is 11.8 Å². The summed E-state index contributed by atoms with van der Waals surface area (Å²) in [6.07, 6.45) is 6.25. The molecule has 2 aliphatic heterocycles. The Bertz CT molecular complexity index is 2060. The number of carbonyl (C=O) groups is 2. The number of nitrogens with zero attached hydrogens (tertiary/aromatic N) is 6. The number of likely N-dealkylation sites (tertiary alicyclic amines) is 2. The fraction of sp³-hybridized carbons (Fsp3) is 0.378. The number of rotatable bonds is 7. The summed E-state index contributed by atoms with van der Waals surface area (Å²) in [5, 5.41) is 12.0. The maximum atomic E-state index is 14.2. The molecule has 1 N–H and O–H groups in total. The van der Waals surface area contributed by atoms with E-state index in [4.69, 9.17) is 4.74 Å². The summed E-state index contributed by atoms with van der Waals surface area (Å²) in [5.41, 5.74) is 2.19. The van der Waals surface area contributed by atoms with Crippen LogP contribution in [0.25, 0.3) is 21.5 Å². The third-order valence-corrected chi connectivity index (χ3v) is 11.4. The summed E-state index contributed by atoms with van der Waals surface area (Å²) >= 11 is 1.46. The third kappa shape index (κ3) is 6.38. The van der Waals surface area contributed by atoms with E-state index in [0.717, 1.165) is 21.6 Å². The van der Waals surface area contributed by atoms with Crippen molar-refractivity contribution in [2.24, 2.45) is 13.0 Å². The van der Waals surface area contributed by atoms with Crippen molar-refractivity contribution in [3.8, 4) is 16.3 Å². The number of pyridine rings is 1. The normalized spacial score (nSPS) is 19.3. The quantitative estimate of drug-likeness (QED) is 0.269. The second-order valence-corrected chi connectivity index (χ2v) is 14.3. The number of methoxy groups -OCH3 is 1. The highest BCUT2D eigenvalue weighted by Gasteiger charge is 2.42. The lowest BCUT2D eigenvalue weighted by Crippen LogP contribution is -2.53. The molecule has 2 saturated heterocycles. The molecule has 2 atom stereocenters. The van der Waals surface area contributed by atoms with Crippen molar-refractivity contribution in [1.82, 2.24) is 28.9 Å². The van der Waals surface area contributed by atoms with Crippen molar-refractivity contribution in [1.29, 1.82) is 0 Å². The van der Waals surface area contributed by atoms with Crippen molar-refractivity contribution in [3.05, 3.63) is 99.7 Å². The summed E-state index contributed by atoms with van der Waals surface area (Å²) in [7, 11) is 3.42. The SMILES string of the molecule is COc1cc(-c2cc(C)c(C(=O)N3CC[C@@H](C(=O)N4CCC(O)(Cn5cnc6c(ccn6C)c5=O)CC4)[C@H](c4ccccc4)C3)s2)ccn1. The monoisotopic (exact) mass is 680 g/mol. The highest BCUT2D eigenvalue weighted by molar-refractivity contribution is 7.17. The highest BCUT2D eigenvalue weighted by Crippen LogP contribution is 2.38. The van der Waals surface area contributed by atoms with Gasteiger partial charge < -0.3 is 24.2 Å². The number of carbonyl (C=O) groups excluding carboxylic acids is 2. The minimum absolute atomic E-state index is 0.0249. The molecule has 4 aromatic heterocycles. The van der Waals surface area contributed by atoms with Crippen LogP contribution < -0.4 is 10.3 Å². The Labute approximate surface area is 288 Å². The van der Waals surface area contributed by atoms with Crippen LogP contribution in [0.2, 0.25) is 0 Å². The molecular formula is C37H40N6O5S. The van der Waals surface area contributed by atoms with Gasteiger partial charge in [-0.1, -0.05) is 30.3 Å². The Morgan fingerprint density at radius 1 is 1.04 bits per heavy atom. The molecule has 5 aromatic rings. The topological polar surface area (TPSA) is 123 Å². The summed E-state index contributed by atoms with van der Waals surface area (Å²) in [5.74, 6) is 0.0784. The Morgan fingerprint density at radius 3 is 2.57 bits per heavy atom. The van der Waals surface area contributed by atoms with E-state index in [2.05, 4.69) is 9.97 Å². The molecule has 0 saturated carbocycles. The predicted molar refractivity (Wildman–Crippen MR) is 188 cm³/mol. The molecule has 0 radical (unpaired) electrons. The second-order valence-electron chi connectivity index (χ2n) is 13.3. The maximum absolute atomic E-state index is 14.2. The van der Waals surface area contributed by atoms with Crippen molar-refractivity contribution in [3.63, 3.8) is 0 Å². The van der Waals surface area contributed by atoms with Gasteiger partial charge in [-0.25, -0.2) is 9.97 Å². The van der Waals surface area contributed by atoms with Crippen LogP contribution in [0.5, 0.6) is 5.88 Å². The highest BCUT2D eigenvalue weighted by atomic mass is 32.1. The Hall–Kier alpha value is -4.81. The van der Waals surface area contributed by atoms with Crippen molar-refractivity contribution < 1.29 is 19.4 Å². The minimum atomic E-state index is -1.13. The smallest absolute Gasteiger partial charge is 0.264 e. The number of ether oxygens (including phenoxy) is 1. The van der Waals surface area contributed by atoms with E-state index in [1.807, 2.05) is 72.3 Å². The van der Waals surface area contributed by atoms with Gasteiger partial charge in [0.05, 0.1) is 29.5 Å². The molecule has 7 rings (SSSR count). The Morgan fingerprint density at radius 2 is 1.82 bits per heavy atom. The van der Waals surface area contributed by atoms with Gasteiger partial charge in [0, 0.05) is 68.4 Å². The molecule has 49 heavy (non-hydrogen) atoms. The molecule has 0 unspecified atom stereocenters. The first-order valence-electron chi connectivity index (χ1n) is 16.6. The van der Waals surface area contributed by atoms with Gasteiger partial charge in [0.25, 0.3) is 11.5 Å². The van der Waals surface area contributed by atoms with Gasteiger partial charge in [-0.2, -0.15) is 0 Å². The summed E-state index contributed by atoms with van der Waals surface area (Å²) < 4.78 is 8.57. The summed E-state index contributed by atoms with van der Waals surface area (Å²) in [4.78, 5) is 55.3. The van der Waals surface area contributed by atoms with Crippen LogP contribution in [0, 0.1) is 12.8 Å². The zero-order valence-electron chi connectivity index (χ0n) is 27.9. The summed E-state index contributed by atoms with van der Waals surface area (Å²) in [6, 6.07) is 17.5. The van der Waals surface area contributed by atoms with E-state index < -0.39 is 5.60 Å². The van der Waals surface area contributed by atoms with Crippen LogP contribution in [0.3, 0.4) is 0 Å². The Kier molecular flexibility index (Phi) is 8.84. The lowest BCUT2D eigenvalue weighted by atomic mass is 9.79. The third-order valence-electron chi connectivity index (χ3n) is 10.1. The van der Waals surface area contributed by atoms with E-state index in [9.17, 15) is 19.5 Å². The number of aliphatic hydroxyl groups is 1. The number of benzene rings is 1. The first-order valence-corrected chi connectivity index (χ1v) is 17.4. The number of hydrogen-bond acceptors (Lipinski definition) is 8. The van der Waals surface area contributed by atoms with E-state index in [0.29, 0.717) is 67.2 Å². The van der Waals surface area contributed by atoms with Gasteiger partial charge in [0.15, 0.2) is 0 Å².